The van der Waals surface area contributed by atoms with E-state index in [4.69, 9.17) is 9.47 Å². The Morgan fingerprint density at radius 2 is 1.85 bits per heavy atom. The molecule has 3 aromatic rings. The van der Waals surface area contributed by atoms with Gasteiger partial charge >= 0.3 is 0 Å². The molecule has 0 saturated heterocycles. The van der Waals surface area contributed by atoms with E-state index in [1.54, 1.807) is 18.6 Å². The summed E-state index contributed by atoms with van der Waals surface area (Å²) in [5, 5.41) is 3.02. The fourth-order valence-corrected chi connectivity index (χ4v) is 3.94. The van der Waals surface area contributed by atoms with Crippen LogP contribution >= 0.6 is 0 Å². The van der Waals surface area contributed by atoms with E-state index in [9.17, 15) is 4.79 Å². The van der Waals surface area contributed by atoms with Crippen LogP contribution < -0.4 is 14.8 Å². The van der Waals surface area contributed by atoms with Crippen LogP contribution in [0.3, 0.4) is 0 Å². The Kier molecular flexibility index (Phi) is 7.75. The topological polar surface area (TPSA) is 76.6 Å². The lowest BCUT2D eigenvalue weighted by molar-refractivity contribution is -0.122. The third kappa shape index (κ3) is 6.78. The fourth-order valence-electron chi connectivity index (χ4n) is 3.94. The van der Waals surface area contributed by atoms with Crippen molar-refractivity contribution in [2.45, 2.75) is 39.8 Å². The smallest absolute Gasteiger partial charge is 0.234 e. The van der Waals surface area contributed by atoms with Crippen LogP contribution in [0.1, 0.15) is 37.8 Å². The van der Waals surface area contributed by atoms with Crippen molar-refractivity contribution in [3.63, 3.8) is 0 Å². The van der Waals surface area contributed by atoms with Crippen LogP contribution in [-0.4, -0.2) is 40.5 Å². The first-order valence-corrected chi connectivity index (χ1v) is 11.7. The number of rotatable bonds is 4. The number of para-hydroxylation sites is 2. The predicted molar refractivity (Wildman–Crippen MR) is 131 cm³/mol. The maximum absolute atomic E-state index is 12.8. The van der Waals surface area contributed by atoms with Gasteiger partial charge in [0, 0.05) is 37.2 Å². The Bertz CT molecular complexity index is 1090. The second-order valence-electron chi connectivity index (χ2n) is 9.42. The summed E-state index contributed by atoms with van der Waals surface area (Å²) < 4.78 is 12.4. The molecule has 0 spiro atoms. The van der Waals surface area contributed by atoms with Crippen LogP contribution in [0.25, 0.3) is 0 Å². The van der Waals surface area contributed by atoms with Gasteiger partial charge in [0.1, 0.15) is 0 Å². The van der Waals surface area contributed by atoms with Crippen LogP contribution in [0.4, 0.5) is 0 Å². The largest absolute Gasteiger partial charge is 0.489 e. The van der Waals surface area contributed by atoms with E-state index in [0.29, 0.717) is 43.6 Å². The Morgan fingerprint density at radius 3 is 2.68 bits per heavy atom. The number of amides is 1. The van der Waals surface area contributed by atoms with E-state index >= 15 is 0 Å². The lowest BCUT2D eigenvalue weighted by atomic mass is 9.88. The molecule has 1 aromatic carbocycles. The molecule has 0 saturated carbocycles. The van der Waals surface area contributed by atoms with Crippen LogP contribution in [-0.2, 0) is 17.9 Å². The molecule has 0 atom stereocenters. The lowest BCUT2D eigenvalue weighted by Gasteiger charge is -2.27. The van der Waals surface area contributed by atoms with Crippen LogP contribution in [0.2, 0.25) is 0 Å². The second kappa shape index (κ2) is 11.1. The number of pyridine rings is 2. The average molecular weight is 461 g/mol. The molecule has 1 aliphatic rings. The highest BCUT2D eigenvalue weighted by molar-refractivity contribution is 5.78. The summed E-state index contributed by atoms with van der Waals surface area (Å²) in [5.74, 6) is 1.86. The normalized spacial score (nSPS) is 16.3. The van der Waals surface area contributed by atoms with Crippen LogP contribution in [0, 0.1) is 5.41 Å². The summed E-state index contributed by atoms with van der Waals surface area (Å²) in [6.45, 7) is 7.12. The Hall–Kier alpha value is -3.45. The van der Waals surface area contributed by atoms with Gasteiger partial charge in [0.15, 0.2) is 11.5 Å². The summed E-state index contributed by atoms with van der Waals surface area (Å²) in [6.07, 6.45) is 7.11. The highest BCUT2D eigenvalue weighted by Gasteiger charge is 2.23. The predicted octanol–water partition coefficient (Wildman–Crippen LogP) is 4.59. The molecular formula is C27H32N4O3. The number of benzene rings is 1. The molecule has 3 heterocycles. The number of hydrogen-bond donors (Lipinski definition) is 1. The van der Waals surface area contributed by atoms with Crippen LogP contribution in [0.15, 0.2) is 67.1 Å². The molecular weight excluding hydrogens is 428 g/mol. The molecule has 34 heavy (non-hydrogen) atoms. The lowest BCUT2D eigenvalue weighted by Crippen LogP contribution is -2.37. The van der Waals surface area contributed by atoms with Gasteiger partial charge in [0.05, 0.1) is 13.2 Å². The molecule has 0 unspecified atom stereocenters. The first-order valence-electron chi connectivity index (χ1n) is 11.7. The zero-order chi connectivity index (χ0) is 23.8. The molecule has 178 valence electrons. The van der Waals surface area contributed by atoms with Crippen molar-refractivity contribution in [2.24, 2.45) is 5.41 Å². The van der Waals surface area contributed by atoms with Gasteiger partial charge in [-0.1, -0.05) is 32.0 Å². The summed E-state index contributed by atoms with van der Waals surface area (Å²) in [6, 6.07) is 15.4. The second-order valence-corrected chi connectivity index (χ2v) is 9.42. The molecule has 1 aliphatic heterocycles. The molecule has 7 heteroatoms. The number of fused-ring (bicyclic) bond motifs is 2. The molecule has 4 rings (SSSR count). The Morgan fingerprint density at radius 1 is 1.06 bits per heavy atom. The van der Waals surface area contributed by atoms with Crippen molar-refractivity contribution in [1.82, 2.24) is 20.2 Å². The molecule has 0 bridgehead atoms. The number of aromatic nitrogens is 2. The van der Waals surface area contributed by atoms with Gasteiger partial charge in [-0.2, -0.15) is 0 Å². The summed E-state index contributed by atoms with van der Waals surface area (Å²) in [7, 11) is 0. The van der Waals surface area contributed by atoms with E-state index < -0.39 is 0 Å². The minimum Gasteiger partial charge on any atom is -0.489 e. The first-order chi connectivity index (χ1) is 16.5. The van der Waals surface area contributed by atoms with Gasteiger partial charge < -0.3 is 14.8 Å². The Balaban J connectivity index is 1.52. The van der Waals surface area contributed by atoms with Gasteiger partial charge in [0.25, 0.3) is 0 Å². The van der Waals surface area contributed by atoms with Crippen molar-refractivity contribution < 1.29 is 14.3 Å². The van der Waals surface area contributed by atoms with Gasteiger partial charge in [-0.25, -0.2) is 4.98 Å². The Labute approximate surface area is 201 Å². The number of carbonyl (C=O) groups excluding carboxylic acids is 1. The van der Waals surface area contributed by atoms with Gasteiger partial charge in [0.2, 0.25) is 11.8 Å². The van der Waals surface area contributed by atoms with Crippen molar-refractivity contribution in [3.8, 4) is 17.4 Å². The fraction of sp³-hybridized carbons (Fsp3) is 0.370. The van der Waals surface area contributed by atoms with Crippen molar-refractivity contribution in [2.75, 3.05) is 19.7 Å². The molecule has 0 fully saturated rings. The quantitative estimate of drug-likeness (QED) is 0.614. The highest BCUT2D eigenvalue weighted by Crippen LogP contribution is 2.34. The van der Waals surface area contributed by atoms with E-state index in [1.165, 1.54) is 0 Å². The third-order valence-corrected chi connectivity index (χ3v) is 5.85. The SMILES string of the molecule is CC1(C)CCCN(CC(=O)NCc2ccncc2)Cc2cccnc2Oc2ccccc2OC1. The molecule has 2 aromatic heterocycles. The van der Waals surface area contributed by atoms with E-state index in [-0.39, 0.29) is 11.3 Å². The average Bonchev–Trinajstić information content (AvgIpc) is 2.84. The summed E-state index contributed by atoms with van der Waals surface area (Å²) >= 11 is 0. The molecule has 0 aliphatic carbocycles. The maximum atomic E-state index is 12.8. The molecule has 1 amide bonds. The summed E-state index contributed by atoms with van der Waals surface area (Å²) in [5.41, 5.74) is 1.94. The van der Waals surface area contributed by atoms with Gasteiger partial charge in [-0.15, -0.1) is 0 Å². The zero-order valence-corrected chi connectivity index (χ0v) is 19.9. The highest BCUT2D eigenvalue weighted by atomic mass is 16.5. The van der Waals surface area contributed by atoms with Crippen molar-refractivity contribution in [3.05, 3.63) is 78.2 Å². The number of ether oxygens (including phenoxy) is 2. The number of nitrogens with zero attached hydrogens (tertiary/aromatic N) is 3. The molecule has 0 radical (unpaired) electrons. The third-order valence-electron chi connectivity index (χ3n) is 5.85. The monoisotopic (exact) mass is 460 g/mol. The van der Waals surface area contributed by atoms with Crippen LogP contribution in [0.5, 0.6) is 17.4 Å². The number of hydrogen-bond acceptors (Lipinski definition) is 6. The van der Waals surface area contributed by atoms with Gasteiger partial charge in [-0.3, -0.25) is 14.7 Å². The minimum absolute atomic E-state index is 0.0124. The molecule has 1 N–H and O–H groups in total. The van der Waals surface area contributed by atoms with Gasteiger partial charge in [-0.05, 0) is 60.7 Å². The first kappa shape index (κ1) is 23.7. The van der Waals surface area contributed by atoms with E-state index in [2.05, 4.69) is 34.0 Å². The maximum Gasteiger partial charge on any atom is 0.234 e. The minimum atomic E-state index is -0.0135. The number of carbonyl (C=O) groups is 1. The standard InChI is InChI=1S/C27H32N4O3/c1-27(2)12-6-16-31(19-25(32)30-17-21-10-14-28-15-11-21)18-22-7-5-13-29-26(22)34-24-9-4-3-8-23(24)33-20-27/h3-5,7-11,13-15H,6,12,16-20H2,1-2H3,(H,30,32). The zero-order valence-electron chi connectivity index (χ0n) is 19.9. The summed E-state index contributed by atoms with van der Waals surface area (Å²) in [4.78, 5) is 23.4. The van der Waals surface area contributed by atoms with Crippen molar-refractivity contribution in [1.29, 1.82) is 0 Å². The van der Waals surface area contributed by atoms with Crippen molar-refractivity contribution >= 4 is 5.91 Å². The molecule has 7 nitrogen and oxygen atoms in total. The van der Waals surface area contributed by atoms with E-state index in [0.717, 1.165) is 30.5 Å². The number of nitrogens with one attached hydrogen (secondary N) is 1. The van der Waals surface area contributed by atoms with E-state index in [1.807, 2.05) is 48.5 Å².